The molecule has 4 heteroatoms. The van der Waals surface area contributed by atoms with Crippen molar-refractivity contribution in [2.24, 2.45) is 0 Å². The third-order valence-electron chi connectivity index (χ3n) is 3.08. The smallest absolute Gasteiger partial charge is 0.125 e. The molecule has 0 bridgehead atoms. The minimum absolute atomic E-state index is 0.138. The fourth-order valence-electron chi connectivity index (χ4n) is 2.17. The van der Waals surface area contributed by atoms with Crippen LogP contribution in [0.5, 0.6) is 0 Å². The molecule has 1 heterocycles. The SMILES string of the molecule is Cc1cc(C(C)NCc2cc(F)cc(Cl)c2)c(C)o1. The van der Waals surface area contributed by atoms with E-state index in [9.17, 15) is 4.39 Å². The largest absolute Gasteiger partial charge is 0.466 e. The first kappa shape index (κ1) is 14.1. The van der Waals surface area contributed by atoms with Crippen molar-refractivity contribution in [3.63, 3.8) is 0 Å². The zero-order chi connectivity index (χ0) is 14.0. The van der Waals surface area contributed by atoms with Crippen LogP contribution in [-0.4, -0.2) is 0 Å². The molecule has 0 amide bonds. The van der Waals surface area contributed by atoms with Gasteiger partial charge in [-0.3, -0.25) is 0 Å². The molecule has 0 spiro atoms. The Hall–Kier alpha value is -1.32. The van der Waals surface area contributed by atoms with Crippen LogP contribution in [-0.2, 0) is 6.54 Å². The second kappa shape index (κ2) is 5.76. The first-order valence-corrected chi connectivity index (χ1v) is 6.59. The number of hydrogen-bond donors (Lipinski definition) is 1. The van der Waals surface area contributed by atoms with Crippen LogP contribution in [0.2, 0.25) is 5.02 Å². The molecule has 2 rings (SSSR count). The summed E-state index contributed by atoms with van der Waals surface area (Å²) in [6, 6.07) is 6.71. The van der Waals surface area contributed by atoms with Crippen molar-refractivity contribution in [1.82, 2.24) is 5.32 Å². The highest BCUT2D eigenvalue weighted by Crippen LogP contribution is 2.22. The van der Waals surface area contributed by atoms with E-state index in [0.717, 1.165) is 22.6 Å². The first-order valence-electron chi connectivity index (χ1n) is 6.21. The van der Waals surface area contributed by atoms with E-state index >= 15 is 0 Å². The lowest BCUT2D eigenvalue weighted by Crippen LogP contribution is -2.18. The van der Waals surface area contributed by atoms with E-state index in [1.165, 1.54) is 12.1 Å². The third-order valence-corrected chi connectivity index (χ3v) is 3.30. The Balaban J connectivity index is 2.04. The Bertz CT molecular complexity index is 559. The van der Waals surface area contributed by atoms with E-state index in [-0.39, 0.29) is 11.9 Å². The van der Waals surface area contributed by atoms with Crippen LogP contribution in [0.4, 0.5) is 4.39 Å². The van der Waals surface area contributed by atoms with Gasteiger partial charge in [-0.1, -0.05) is 11.6 Å². The molecule has 0 aliphatic carbocycles. The maximum atomic E-state index is 13.2. The van der Waals surface area contributed by atoms with Crippen LogP contribution in [0.25, 0.3) is 0 Å². The van der Waals surface area contributed by atoms with E-state index in [1.54, 1.807) is 6.07 Å². The second-order valence-corrected chi connectivity index (χ2v) is 5.19. The molecule has 0 aliphatic rings. The van der Waals surface area contributed by atoms with Gasteiger partial charge in [0.05, 0.1) is 0 Å². The van der Waals surface area contributed by atoms with E-state index in [1.807, 2.05) is 19.9 Å². The van der Waals surface area contributed by atoms with Crippen molar-refractivity contribution in [2.75, 3.05) is 0 Å². The van der Waals surface area contributed by atoms with E-state index < -0.39 is 0 Å². The molecule has 1 atom stereocenters. The number of rotatable bonds is 4. The van der Waals surface area contributed by atoms with Crippen LogP contribution in [0.15, 0.2) is 28.7 Å². The van der Waals surface area contributed by atoms with Gasteiger partial charge in [0.25, 0.3) is 0 Å². The number of aryl methyl sites for hydroxylation is 2. The summed E-state index contributed by atoms with van der Waals surface area (Å²) in [5.41, 5.74) is 1.95. The molecular weight excluding hydrogens is 265 g/mol. The summed E-state index contributed by atoms with van der Waals surface area (Å²) in [6.45, 7) is 6.48. The van der Waals surface area contributed by atoms with Crippen molar-refractivity contribution in [1.29, 1.82) is 0 Å². The van der Waals surface area contributed by atoms with Gasteiger partial charge in [0, 0.05) is 23.2 Å². The zero-order valence-corrected chi connectivity index (χ0v) is 12.0. The van der Waals surface area contributed by atoms with Gasteiger partial charge >= 0.3 is 0 Å². The number of nitrogens with one attached hydrogen (secondary N) is 1. The minimum Gasteiger partial charge on any atom is -0.466 e. The average molecular weight is 282 g/mol. The number of furan rings is 1. The predicted octanol–water partition coefficient (Wildman–Crippen LogP) is 4.54. The third kappa shape index (κ3) is 3.58. The molecule has 0 radical (unpaired) electrons. The Morgan fingerprint density at radius 2 is 2.00 bits per heavy atom. The van der Waals surface area contributed by atoms with Gasteiger partial charge in [-0.05, 0) is 50.6 Å². The molecule has 1 unspecified atom stereocenters. The van der Waals surface area contributed by atoms with Gasteiger partial charge in [0.1, 0.15) is 17.3 Å². The fraction of sp³-hybridized carbons (Fsp3) is 0.333. The summed E-state index contributed by atoms with van der Waals surface area (Å²) >= 11 is 5.83. The summed E-state index contributed by atoms with van der Waals surface area (Å²) in [6.07, 6.45) is 0. The van der Waals surface area contributed by atoms with Gasteiger partial charge in [0.15, 0.2) is 0 Å². The molecule has 0 aliphatic heterocycles. The van der Waals surface area contributed by atoms with Crippen LogP contribution >= 0.6 is 11.6 Å². The monoisotopic (exact) mass is 281 g/mol. The van der Waals surface area contributed by atoms with E-state index in [4.69, 9.17) is 16.0 Å². The van der Waals surface area contributed by atoms with Gasteiger partial charge in [-0.2, -0.15) is 0 Å². The highest BCUT2D eigenvalue weighted by molar-refractivity contribution is 6.30. The van der Waals surface area contributed by atoms with Crippen molar-refractivity contribution >= 4 is 11.6 Å². The van der Waals surface area contributed by atoms with E-state index in [2.05, 4.69) is 12.2 Å². The Kier molecular flexibility index (Phi) is 4.27. The lowest BCUT2D eigenvalue weighted by Gasteiger charge is -2.13. The Morgan fingerprint density at radius 3 is 2.58 bits per heavy atom. The molecule has 2 nitrogen and oxygen atoms in total. The van der Waals surface area contributed by atoms with Crippen molar-refractivity contribution < 1.29 is 8.81 Å². The topological polar surface area (TPSA) is 25.2 Å². The van der Waals surface area contributed by atoms with Gasteiger partial charge in [-0.25, -0.2) is 4.39 Å². The van der Waals surface area contributed by atoms with Gasteiger partial charge in [-0.15, -0.1) is 0 Å². The lowest BCUT2D eigenvalue weighted by atomic mass is 10.1. The lowest BCUT2D eigenvalue weighted by molar-refractivity contribution is 0.489. The predicted molar refractivity (Wildman–Crippen MR) is 74.8 cm³/mol. The molecule has 0 saturated heterocycles. The average Bonchev–Trinajstić information content (AvgIpc) is 2.64. The minimum atomic E-state index is -0.313. The maximum Gasteiger partial charge on any atom is 0.125 e. The zero-order valence-electron chi connectivity index (χ0n) is 11.3. The van der Waals surface area contributed by atoms with E-state index in [0.29, 0.717) is 11.6 Å². The molecule has 1 N–H and O–H groups in total. The molecule has 2 aromatic rings. The molecule has 19 heavy (non-hydrogen) atoms. The molecular formula is C15H17ClFNO. The van der Waals surface area contributed by atoms with Crippen LogP contribution in [0.3, 0.4) is 0 Å². The molecule has 1 aromatic carbocycles. The number of hydrogen-bond acceptors (Lipinski definition) is 2. The summed E-state index contributed by atoms with van der Waals surface area (Å²) < 4.78 is 18.7. The quantitative estimate of drug-likeness (QED) is 0.890. The first-order chi connectivity index (χ1) is 8.95. The molecule has 0 saturated carbocycles. The van der Waals surface area contributed by atoms with Crippen molar-refractivity contribution in [3.05, 3.63) is 57.8 Å². The normalized spacial score (nSPS) is 12.7. The highest BCUT2D eigenvalue weighted by Gasteiger charge is 2.12. The van der Waals surface area contributed by atoms with Crippen LogP contribution in [0, 0.1) is 19.7 Å². The number of benzene rings is 1. The maximum absolute atomic E-state index is 13.2. The molecule has 1 aromatic heterocycles. The molecule has 102 valence electrons. The second-order valence-electron chi connectivity index (χ2n) is 4.75. The summed E-state index contributed by atoms with van der Waals surface area (Å²) in [4.78, 5) is 0. The van der Waals surface area contributed by atoms with Crippen molar-refractivity contribution in [3.8, 4) is 0 Å². The Morgan fingerprint density at radius 1 is 1.26 bits per heavy atom. The summed E-state index contributed by atoms with van der Waals surface area (Å²) in [5.74, 6) is 1.50. The Labute approximate surface area is 117 Å². The highest BCUT2D eigenvalue weighted by atomic mass is 35.5. The van der Waals surface area contributed by atoms with Gasteiger partial charge < -0.3 is 9.73 Å². The standard InChI is InChI=1S/C15H17ClFNO/c1-9-4-15(11(3)19-9)10(2)18-8-12-5-13(16)7-14(17)6-12/h4-7,10,18H,8H2,1-3H3. The summed E-state index contributed by atoms with van der Waals surface area (Å²) in [7, 11) is 0. The molecule has 0 fully saturated rings. The van der Waals surface area contributed by atoms with Crippen molar-refractivity contribution in [2.45, 2.75) is 33.4 Å². The number of halogens is 2. The van der Waals surface area contributed by atoms with Crippen LogP contribution < -0.4 is 5.32 Å². The van der Waals surface area contributed by atoms with Crippen LogP contribution in [0.1, 0.15) is 35.6 Å². The fourth-order valence-corrected chi connectivity index (χ4v) is 2.42. The van der Waals surface area contributed by atoms with Gasteiger partial charge in [0.2, 0.25) is 0 Å². The summed E-state index contributed by atoms with van der Waals surface area (Å²) in [5, 5.41) is 3.75.